The summed E-state index contributed by atoms with van der Waals surface area (Å²) in [5.74, 6) is 0.346. The molecule has 3 rings (SSSR count). The van der Waals surface area contributed by atoms with Gasteiger partial charge in [0.1, 0.15) is 11.6 Å². The lowest BCUT2D eigenvalue weighted by Gasteiger charge is -2.30. The number of nitrogens with zero attached hydrogens (tertiary/aromatic N) is 1. The smallest absolute Gasteiger partial charge is 0.241 e. The van der Waals surface area contributed by atoms with Gasteiger partial charge in [-0.25, -0.2) is 4.39 Å². The molecule has 25 heavy (non-hydrogen) atoms. The molecule has 0 aliphatic carbocycles. The lowest BCUT2D eigenvalue weighted by atomic mass is 10.0. The maximum Gasteiger partial charge on any atom is 0.241 e. The molecule has 0 spiro atoms. The van der Waals surface area contributed by atoms with Crippen LogP contribution in [-0.2, 0) is 4.79 Å². The average Bonchev–Trinajstić information content (AvgIpc) is 3.10. The van der Waals surface area contributed by atoms with Gasteiger partial charge in [0.05, 0.1) is 13.2 Å². The second-order valence-electron chi connectivity index (χ2n) is 6.34. The Morgan fingerprint density at radius 3 is 2.72 bits per heavy atom. The highest BCUT2D eigenvalue weighted by Crippen LogP contribution is 2.34. The Labute approximate surface area is 147 Å². The maximum atomic E-state index is 13.3. The second-order valence-corrected chi connectivity index (χ2v) is 6.34. The van der Waals surface area contributed by atoms with Crippen molar-refractivity contribution in [3.8, 4) is 5.75 Å². The summed E-state index contributed by atoms with van der Waals surface area (Å²) in [4.78, 5) is 14.8. The number of hydrogen-bond donors (Lipinski definition) is 1. The highest BCUT2D eigenvalue weighted by atomic mass is 19.1. The predicted octanol–water partition coefficient (Wildman–Crippen LogP) is 4.00. The summed E-state index contributed by atoms with van der Waals surface area (Å²) >= 11 is 0. The zero-order chi connectivity index (χ0) is 17.8. The van der Waals surface area contributed by atoms with Crippen LogP contribution in [0.15, 0.2) is 48.5 Å². The van der Waals surface area contributed by atoms with Crippen molar-refractivity contribution in [1.29, 1.82) is 0 Å². The molecule has 1 N–H and O–H groups in total. The van der Waals surface area contributed by atoms with Gasteiger partial charge in [-0.1, -0.05) is 18.2 Å². The first-order valence-electron chi connectivity index (χ1n) is 8.54. The SMILES string of the molecule is COc1ccc([C@@H]2CCCN2[C@H](C)C(=O)Nc2cccc(F)c2)cc1. The first-order chi connectivity index (χ1) is 12.1. The summed E-state index contributed by atoms with van der Waals surface area (Å²) < 4.78 is 18.5. The second kappa shape index (κ2) is 7.66. The van der Waals surface area contributed by atoms with Crippen LogP contribution in [0.3, 0.4) is 0 Å². The van der Waals surface area contributed by atoms with Crippen LogP contribution < -0.4 is 10.1 Å². The van der Waals surface area contributed by atoms with Gasteiger partial charge >= 0.3 is 0 Å². The van der Waals surface area contributed by atoms with Crippen LogP contribution in [0.1, 0.15) is 31.4 Å². The maximum absolute atomic E-state index is 13.3. The van der Waals surface area contributed by atoms with E-state index in [1.54, 1.807) is 19.2 Å². The summed E-state index contributed by atoms with van der Waals surface area (Å²) in [6.07, 6.45) is 2.07. The molecule has 5 heteroatoms. The molecule has 1 amide bonds. The Hall–Kier alpha value is -2.40. The Bertz CT molecular complexity index is 733. The number of rotatable bonds is 5. The molecule has 2 aromatic rings. The van der Waals surface area contributed by atoms with Crippen molar-refractivity contribution < 1.29 is 13.9 Å². The standard InChI is InChI=1S/C20H23FN2O2/c1-14(20(24)22-17-6-3-5-16(21)13-17)23-12-4-7-19(23)15-8-10-18(25-2)11-9-15/h3,5-6,8-11,13-14,19H,4,7,12H2,1-2H3,(H,22,24)/t14-,19+/m1/s1. The van der Waals surface area contributed by atoms with E-state index >= 15 is 0 Å². The number of methoxy groups -OCH3 is 1. The summed E-state index contributed by atoms with van der Waals surface area (Å²) in [5.41, 5.74) is 1.67. The molecular formula is C20H23FN2O2. The van der Waals surface area contributed by atoms with Gasteiger partial charge < -0.3 is 10.1 Å². The molecule has 1 aliphatic heterocycles. The van der Waals surface area contributed by atoms with Crippen LogP contribution >= 0.6 is 0 Å². The van der Waals surface area contributed by atoms with E-state index in [1.807, 2.05) is 19.1 Å². The third-order valence-electron chi connectivity index (χ3n) is 4.76. The van der Waals surface area contributed by atoms with Crippen LogP contribution in [0.4, 0.5) is 10.1 Å². The van der Waals surface area contributed by atoms with Gasteiger partial charge in [0, 0.05) is 11.7 Å². The third kappa shape index (κ3) is 3.99. The molecule has 1 fully saturated rings. The largest absolute Gasteiger partial charge is 0.497 e. The minimum Gasteiger partial charge on any atom is -0.497 e. The van der Waals surface area contributed by atoms with Crippen molar-refractivity contribution in [3.05, 3.63) is 59.9 Å². The van der Waals surface area contributed by atoms with E-state index in [0.717, 1.165) is 25.1 Å². The number of carbonyl (C=O) groups excluding carboxylic acids is 1. The summed E-state index contributed by atoms with van der Waals surface area (Å²) in [7, 11) is 1.65. The molecular weight excluding hydrogens is 319 g/mol. The summed E-state index contributed by atoms with van der Waals surface area (Å²) in [5, 5.41) is 2.81. The van der Waals surface area contributed by atoms with Crippen LogP contribution in [0.25, 0.3) is 0 Å². The number of nitrogens with one attached hydrogen (secondary N) is 1. The molecule has 0 radical (unpaired) electrons. The third-order valence-corrected chi connectivity index (χ3v) is 4.76. The molecule has 1 heterocycles. The normalized spacial score (nSPS) is 18.8. The summed E-state index contributed by atoms with van der Waals surface area (Å²) in [6, 6.07) is 13.9. The highest BCUT2D eigenvalue weighted by Gasteiger charge is 2.33. The van der Waals surface area contributed by atoms with E-state index in [4.69, 9.17) is 4.74 Å². The van der Waals surface area contributed by atoms with Gasteiger partial charge in [-0.2, -0.15) is 0 Å². The molecule has 1 saturated heterocycles. The number of halogens is 1. The van der Waals surface area contributed by atoms with Crippen molar-refractivity contribution in [2.45, 2.75) is 31.8 Å². The first-order valence-corrected chi connectivity index (χ1v) is 8.54. The van der Waals surface area contributed by atoms with E-state index < -0.39 is 0 Å². The first kappa shape index (κ1) is 17.4. The minimum absolute atomic E-state index is 0.119. The number of ether oxygens (including phenoxy) is 1. The van der Waals surface area contributed by atoms with Gasteiger partial charge in [-0.3, -0.25) is 9.69 Å². The van der Waals surface area contributed by atoms with E-state index in [2.05, 4.69) is 22.3 Å². The van der Waals surface area contributed by atoms with Crippen LogP contribution in [0.2, 0.25) is 0 Å². The van der Waals surface area contributed by atoms with Crippen molar-refractivity contribution in [2.24, 2.45) is 0 Å². The lowest BCUT2D eigenvalue weighted by Crippen LogP contribution is -2.41. The van der Waals surface area contributed by atoms with Crippen LogP contribution in [0.5, 0.6) is 5.75 Å². The molecule has 4 nitrogen and oxygen atoms in total. The zero-order valence-electron chi connectivity index (χ0n) is 14.5. The number of benzene rings is 2. The van der Waals surface area contributed by atoms with Gasteiger partial charge in [0.15, 0.2) is 0 Å². The Balaban J connectivity index is 1.71. The van der Waals surface area contributed by atoms with E-state index in [9.17, 15) is 9.18 Å². The fraction of sp³-hybridized carbons (Fsp3) is 0.350. The Kier molecular flexibility index (Phi) is 5.34. The number of amides is 1. The molecule has 0 bridgehead atoms. The number of hydrogen-bond acceptors (Lipinski definition) is 3. The number of likely N-dealkylation sites (tertiary alicyclic amines) is 1. The molecule has 132 valence electrons. The fourth-order valence-corrected chi connectivity index (χ4v) is 3.40. The number of anilines is 1. The van der Waals surface area contributed by atoms with E-state index in [-0.39, 0.29) is 23.8 Å². The topological polar surface area (TPSA) is 41.6 Å². The highest BCUT2D eigenvalue weighted by molar-refractivity contribution is 5.94. The van der Waals surface area contributed by atoms with Gasteiger partial charge in [0.25, 0.3) is 0 Å². The minimum atomic E-state index is -0.359. The average molecular weight is 342 g/mol. The zero-order valence-corrected chi connectivity index (χ0v) is 14.5. The van der Waals surface area contributed by atoms with Crippen LogP contribution in [0, 0.1) is 5.82 Å². The molecule has 2 aromatic carbocycles. The van der Waals surface area contributed by atoms with Gasteiger partial charge in [0.2, 0.25) is 5.91 Å². The Morgan fingerprint density at radius 2 is 2.04 bits per heavy atom. The molecule has 0 saturated carbocycles. The molecule has 2 atom stereocenters. The fourth-order valence-electron chi connectivity index (χ4n) is 3.40. The van der Waals surface area contributed by atoms with Gasteiger partial charge in [-0.15, -0.1) is 0 Å². The quantitative estimate of drug-likeness (QED) is 0.893. The molecule has 0 unspecified atom stereocenters. The van der Waals surface area contributed by atoms with E-state index in [0.29, 0.717) is 5.69 Å². The lowest BCUT2D eigenvalue weighted by molar-refractivity contribution is -0.121. The van der Waals surface area contributed by atoms with Crippen molar-refractivity contribution in [2.75, 3.05) is 19.0 Å². The van der Waals surface area contributed by atoms with Crippen molar-refractivity contribution in [3.63, 3.8) is 0 Å². The van der Waals surface area contributed by atoms with Gasteiger partial charge in [-0.05, 0) is 62.2 Å². The monoisotopic (exact) mass is 342 g/mol. The number of carbonyl (C=O) groups is 1. The van der Waals surface area contributed by atoms with Crippen molar-refractivity contribution in [1.82, 2.24) is 4.90 Å². The summed E-state index contributed by atoms with van der Waals surface area (Å²) in [6.45, 7) is 2.77. The van der Waals surface area contributed by atoms with E-state index in [1.165, 1.54) is 17.7 Å². The van der Waals surface area contributed by atoms with Crippen molar-refractivity contribution >= 4 is 11.6 Å². The molecule has 0 aromatic heterocycles. The van der Waals surface area contributed by atoms with Crippen LogP contribution in [-0.4, -0.2) is 30.5 Å². The molecule has 1 aliphatic rings. The predicted molar refractivity (Wildman–Crippen MR) is 96.2 cm³/mol. The Morgan fingerprint density at radius 1 is 1.28 bits per heavy atom.